The van der Waals surface area contributed by atoms with Crippen LogP contribution in [0.2, 0.25) is 0 Å². The van der Waals surface area contributed by atoms with Gasteiger partial charge in [-0.25, -0.2) is 4.79 Å². The van der Waals surface area contributed by atoms with Crippen LogP contribution in [0, 0.1) is 5.41 Å². The van der Waals surface area contributed by atoms with Crippen LogP contribution in [0.3, 0.4) is 0 Å². The molecule has 86 valence electrons. The van der Waals surface area contributed by atoms with E-state index in [2.05, 4.69) is 10.6 Å². The van der Waals surface area contributed by atoms with Crippen molar-refractivity contribution in [3.8, 4) is 0 Å². The molecule has 2 aliphatic carbocycles. The van der Waals surface area contributed by atoms with Crippen LogP contribution in [-0.2, 0) is 0 Å². The zero-order chi connectivity index (χ0) is 10.7. The number of carbonyl (C=O) groups is 1. The first-order chi connectivity index (χ1) is 7.24. The van der Waals surface area contributed by atoms with Gasteiger partial charge in [-0.1, -0.05) is 0 Å². The molecule has 0 bridgehead atoms. The Bertz CT molecular complexity index is 235. The largest absolute Gasteiger partial charge is 0.396 e. The summed E-state index contributed by atoms with van der Waals surface area (Å²) < 4.78 is 0. The minimum atomic E-state index is -0.0380. The van der Waals surface area contributed by atoms with Crippen LogP contribution in [-0.4, -0.2) is 30.3 Å². The van der Waals surface area contributed by atoms with Gasteiger partial charge in [0, 0.05) is 19.2 Å². The Morgan fingerprint density at radius 1 is 1.40 bits per heavy atom. The molecule has 0 aliphatic heterocycles. The van der Waals surface area contributed by atoms with Crippen molar-refractivity contribution in [2.24, 2.45) is 5.41 Å². The molecule has 4 nitrogen and oxygen atoms in total. The molecule has 0 unspecified atom stereocenters. The van der Waals surface area contributed by atoms with E-state index in [4.69, 9.17) is 5.11 Å². The van der Waals surface area contributed by atoms with Crippen LogP contribution in [0.5, 0.6) is 0 Å². The van der Waals surface area contributed by atoms with E-state index in [-0.39, 0.29) is 18.1 Å². The number of aliphatic hydroxyl groups is 1. The van der Waals surface area contributed by atoms with Crippen LogP contribution in [0.15, 0.2) is 0 Å². The van der Waals surface area contributed by atoms with Crippen LogP contribution in [0.25, 0.3) is 0 Å². The zero-order valence-corrected chi connectivity index (χ0v) is 9.09. The fourth-order valence-electron chi connectivity index (χ4n) is 1.99. The molecular weight excluding hydrogens is 192 g/mol. The monoisotopic (exact) mass is 212 g/mol. The third kappa shape index (κ3) is 2.84. The Kier molecular flexibility index (Phi) is 3.14. The highest BCUT2D eigenvalue weighted by Gasteiger charge is 2.41. The molecule has 0 aromatic rings. The van der Waals surface area contributed by atoms with Crippen LogP contribution < -0.4 is 10.6 Å². The maximum atomic E-state index is 11.4. The zero-order valence-electron chi connectivity index (χ0n) is 9.09. The molecule has 0 spiro atoms. The molecule has 2 saturated carbocycles. The van der Waals surface area contributed by atoms with Gasteiger partial charge in [-0.3, -0.25) is 0 Å². The average molecular weight is 212 g/mol. The highest BCUT2D eigenvalue weighted by Crippen LogP contribution is 2.47. The second kappa shape index (κ2) is 4.39. The summed E-state index contributed by atoms with van der Waals surface area (Å²) in [6, 6.07) is 0.363. The van der Waals surface area contributed by atoms with Crippen molar-refractivity contribution in [1.82, 2.24) is 10.6 Å². The van der Waals surface area contributed by atoms with Gasteiger partial charge in [0.1, 0.15) is 0 Å². The van der Waals surface area contributed by atoms with Gasteiger partial charge in [0.15, 0.2) is 0 Å². The maximum absolute atomic E-state index is 11.4. The van der Waals surface area contributed by atoms with Crippen molar-refractivity contribution in [3.05, 3.63) is 0 Å². The molecular formula is C11H20N2O2. The van der Waals surface area contributed by atoms with E-state index in [0.29, 0.717) is 12.6 Å². The Morgan fingerprint density at radius 3 is 2.60 bits per heavy atom. The summed E-state index contributed by atoms with van der Waals surface area (Å²) in [4.78, 5) is 11.4. The molecule has 0 radical (unpaired) electrons. The second-order valence-corrected chi connectivity index (χ2v) is 4.93. The van der Waals surface area contributed by atoms with Crippen molar-refractivity contribution < 1.29 is 9.90 Å². The van der Waals surface area contributed by atoms with Crippen LogP contribution >= 0.6 is 0 Å². The molecule has 2 rings (SSSR count). The fourth-order valence-corrected chi connectivity index (χ4v) is 1.99. The predicted octanol–water partition coefficient (Wildman–Crippen LogP) is 1.00. The molecule has 0 aromatic heterocycles. The third-order valence-electron chi connectivity index (χ3n) is 3.66. The van der Waals surface area contributed by atoms with Gasteiger partial charge in [0.25, 0.3) is 0 Å². The summed E-state index contributed by atoms with van der Waals surface area (Å²) in [7, 11) is 0. The van der Waals surface area contributed by atoms with Gasteiger partial charge < -0.3 is 15.7 Å². The normalized spacial score (nSPS) is 23.0. The first kappa shape index (κ1) is 10.7. The van der Waals surface area contributed by atoms with E-state index in [0.717, 1.165) is 32.1 Å². The summed E-state index contributed by atoms with van der Waals surface area (Å²) in [5.74, 6) is 0. The predicted molar refractivity (Wildman–Crippen MR) is 57.5 cm³/mol. The third-order valence-corrected chi connectivity index (χ3v) is 3.66. The Hall–Kier alpha value is -0.770. The molecule has 4 heteroatoms. The van der Waals surface area contributed by atoms with Gasteiger partial charge in [0.05, 0.1) is 0 Å². The standard InChI is InChI=1S/C11H20N2O2/c14-7-6-11(4-5-11)8-12-10(15)13-9-2-1-3-9/h9,14H,1-8H2,(H2,12,13,15). The summed E-state index contributed by atoms with van der Waals surface area (Å²) in [6.45, 7) is 0.942. The van der Waals surface area contributed by atoms with Gasteiger partial charge in [0.2, 0.25) is 0 Å². The van der Waals surface area contributed by atoms with Gasteiger partial charge in [-0.05, 0) is 43.9 Å². The summed E-state index contributed by atoms with van der Waals surface area (Å²) in [5.41, 5.74) is 0.214. The molecule has 3 N–H and O–H groups in total. The van der Waals surface area contributed by atoms with Crippen molar-refractivity contribution in [1.29, 1.82) is 0 Å². The topological polar surface area (TPSA) is 61.4 Å². The fraction of sp³-hybridized carbons (Fsp3) is 0.909. The van der Waals surface area contributed by atoms with Crippen molar-refractivity contribution in [2.75, 3.05) is 13.2 Å². The molecule has 2 aliphatic rings. The van der Waals surface area contributed by atoms with E-state index < -0.39 is 0 Å². The van der Waals surface area contributed by atoms with Crippen molar-refractivity contribution >= 4 is 6.03 Å². The van der Waals surface area contributed by atoms with Crippen LogP contribution in [0.4, 0.5) is 4.79 Å². The molecule has 0 saturated heterocycles. The highest BCUT2D eigenvalue weighted by atomic mass is 16.3. The average Bonchev–Trinajstić information content (AvgIpc) is 2.90. The Morgan fingerprint density at radius 2 is 2.13 bits per heavy atom. The number of urea groups is 1. The number of hydrogen-bond acceptors (Lipinski definition) is 2. The molecule has 15 heavy (non-hydrogen) atoms. The van der Waals surface area contributed by atoms with E-state index in [1.807, 2.05) is 0 Å². The number of aliphatic hydroxyl groups excluding tert-OH is 1. The number of amides is 2. The van der Waals surface area contributed by atoms with E-state index in [9.17, 15) is 4.79 Å². The maximum Gasteiger partial charge on any atom is 0.315 e. The number of carbonyl (C=O) groups excluding carboxylic acids is 1. The molecule has 2 amide bonds. The first-order valence-corrected chi connectivity index (χ1v) is 5.89. The van der Waals surface area contributed by atoms with Crippen molar-refractivity contribution in [3.63, 3.8) is 0 Å². The quantitative estimate of drug-likeness (QED) is 0.636. The molecule has 0 aromatic carbocycles. The van der Waals surface area contributed by atoms with Gasteiger partial charge >= 0.3 is 6.03 Å². The lowest BCUT2D eigenvalue weighted by Gasteiger charge is -2.27. The van der Waals surface area contributed by atoms with Crippen LogP contribution in [0.1, 0.15) is 38.5 Å². The molecule has 0 heterocycles. The van der Waals surface area contributed by atoms with Gasteiger partial charge in [-0.15, -0.1) is 0 Å². The lowest BCUT2D eigenvalue weighted by molar-refractivity contribution is 0.218. The minimum Gasteiger partial charge on any atom is -0.396 e. The molecule has 2 fully saturated rings. The van der Waals surface area contributed by atoms with Gasteiger partial charge in [-0.2, -0.15) is 0 Å². The Labute approximate surface area is 90.4 Å². The van der Waals surface area contributed by atoms with E-state index in [1.165, 1.54) is 6.42 Å². The highest BCUT2D eigenvalue weighted by molar-refractivity contribution is 5.74. The van der Waals surface area contributed by atoms with E-state index >= 15 is 0 Å². The summed E-state index contributed by atoms with van der Waals surface area (Å²) in [6.07, 6.45) is 6.56. The Balaban J connectivity index is 1.62. The first-order valence-electron chi connectivity index (χ1n) is 5.89. The summed E-state index contributed by atoms with van der Waals surface area (Å²) >= 11 is 0. The lowest BCUT2D eigenvalue weighted by Crippen LogP contribution is -2.46. The number of nitrogens with one attached hydrogen (secondary N) is 2. The summed E-state index contributed by atoms with van der Waals surface area (Å²) in [5, 5.41) is 14.7. The van der Waals surface area contributed by atoms with Crippen molar-refractivity contribution in [2.45, 2.75) is 44.6 Å². The number of hydrogen-bond donors (Lipinski definition) is 3. The smallest absolute Gasteiger partial charge is 0.315 e. The van der Waals surface area contributed by atoms with E-state index in [1.54, 1.807) is 0 Å². The second-order valence-electron chi connectivity index (χ2n) is 4.93. The SMILES string of the molecule is O=C(NCC1(CCO)CC1)NC1CCC1. The minimum absolute atomic E-state index is 0.0380. The molecule has 0 atom stereocenters. The lowest BCUT2D eigenvalue weighted by atomic mass is 9.93. The number of rotatable bonds is 5.